The Balaban J connectivity index is 1.70. The van der Waals surface area contributed by atoms with Crippen molar-refractivity contribution < 1.29 is 79.2 Å². The number of hydrogen-bond donors (Lipinski definition) is 10. The SMILES string of the molecule is CCCCCCCCO[C@@H]1O[C@H](CO[C@H]2O[C@H](CO)[C@@H](O)[C@H](O)[C@@H]2O[C@@H]2O[C@H](CO)[C@@H](O)[C@H](O)[C@H]2NC(C)=O)[C@@H](O)[C@H](O)[C@H]1O. The average Bonchev–Trinajstić information content (AvgIpc) is 3.02. The maximum absolute atomic E-state index is 11.8. The van der Waals surface area contributed by atoms with Gasteiger partial charge in [-0.1, -0.05) is 39.0 Å². The molecular formula is C28H51NO16. The highest BCUT2D eigenvalue weighted by molar-refractivity contribution is 5.73. The number of ether oxygens (including phenoxy) is 6. The van der Waals surface area contributed by atoms with Gasteiger partial charge >= 0.3 is 0 Å². The highest BCUT2D eigenvalue weighted by Gasteiger charge is 2.52. The van der Waals surface area contributed by atoms with Crippen LogP contribution >= 0.6 is 0 Å². The molecule has 3 aliphatic heterocycles. The predicted octanol–water partition coefficient (Wildman–Crippen LogP) is -4.04. The smallest absolute Gasteiger partial charge is 0.217 e. The molecule has 17 heteroatoms. The number of nitrogens with one attached hydrogen (secondary N) is 1. The van der Waals surface area contributed by atoms with Crippen molar-refractivity contribution in [3.63, 3.8) is 0 Å². The van der Waals surface area contributed by atoms with Crippen LogP contribution in [0.1, 0.15) is 52.4 Å². The molecule has 264 valence electrons. The van der Waals surface area contributed by atoms with Crippen molar-refractivity contribution in [1.29, 1.82) is 0 Å². The van der Waals surface area contributed by atoms with Gasteiger partial charge in [0.1, 0.15) is 73.2 Å². The second-order valence-corrected chi connectivity index (χ2v) is 11.7. The van der Waals surface area contributed by atoms with Gasteiger partial charge < -0.3 is 79.7 Å². The lowest BCUT2D eigenvalue weighted by Crippen LogP contribution is -2.67. The first kappa shape index (κ1) is 38.3. The van der Waals surface area contributed by atoms with Crippen LogP contribution in [-0.4, -0.2) is 170 Å². The van der Waals surface area contributed by atoms with Gasteiger partial charge in [0.2, 0.25) is 5.91 Å². The van der Waals surface area contributed by atoms with E-state index in [9.17, 15) is 50.8 Å². The van der Waals surface area contributed by atoms with Crippen molar-refractivity contribution in [2.75, 3.05) is 26.4 Å². The summed E-state index contributed by atoms with van der Waals surface area (Å²) in [7, 11) is 0. The number of carbonyl (C=O) groups excluding carboxylic acids is 1. The first-order chi connectivity index (χ1) is 21.4. The fourth-order valence-electron chi connectivity index (χ4n) is 5.54. The Hall–Kier alpha value is -1.13. The summed E-state index contributed by atoms with van der Waals surface area (Å²) in [5.41, 5.74) is 0. The van der Waals surface area contributed by atoms with Crippen molar-refractivity contribution in [2.24, 2.45) is 0 Å². The number of aliphatic hydroxyl groups is 9. The quantitative estimate of drug-likeness (QED) is 0.0708. The van der Waals surface area contributed by atoms with E-state index >= 15 is 0 Å². The number of amides is 1. The predicted molar refractivity (Wildman–Crippen MR) is 150 cm³/mol. The summed E-state index contributed by atoms with van der Waals surface area (Å²) in [5.74, 6) is -0.628. The molecule has 0 unspecified atom stereocenters. The summed E-state index contributed by atoms with van der Waals surface area (Å²) in [6.07, 6.45) is -15.7. The second-order valence-electron chi connectivity index (χ2n) is 11.7. The fraction of sp³-hybridized carbons (Fsp3) is 0.964. The molecule has 0 spiro atoms. The summed E-state index contributed by atoms with van der Waals surface area (Å²) in [6.45, 7) is 1.50. The number of hydrogen-bond acceptors (Lipinski definition) is 16. The van der Waals surface area contributed by atoms with Gasteiger partial charge in [0.15, 0.2) is 18.9 Å². The van der Waals surface area contributed by atoms with Crippen molar-refractivity contribution >= 4 is 5.91 Å². The van der Waals surface area contributed by atoms with E-state index in [0.29, 0.717) is 6.42 Å². The molecule has 10 N–H and O–H groups in total. The molecular weight excluding hydrogens is 606 g/mol. The molecule has 0 aliphatic carbocycles. The molecule has 0 radical (unpaired) electrons. The fourth-order valence-corrected chi connectivity index (χ4v) is 5.54. The third-order valence-electron chi connectivity index (χ3n) is 8.24. The van der Waals surface area contributed by atoms with Crippen LogP contribution in [0.25, 0.3) is 0 Å². The zero-order valence-corrected chi connectivity index (χ0v) is 25.6. The van der Waals surface area contributed by atoms with Crippen LogP contribution in [0.2, 0.25) is 0 Å². The molecule has 3 fully saturated rings. The lowest BCUT2D eigenvalue weighted by atomic mass is 9.95. The average molecular weight is 658 g/mol. The van der Waals surface area contributed by atoms with Crippen molar-refractivity contribution in [2.45, 2.75) is 144 Å². The molecule has 3 saturated heterocycles. The van der Waals surface area contributed by atoms with Crippen LogP contribution in [-0.2, 0) is 33.2 Å². The lowest BCUT2D eigenvalue weighted by Gasteiger charge is -2.47. The molecule has 3 aliphatic rings. The first-order valence-electron chi connectivity index (χ1n) is 15.5. The van der Waals surface area contributed by atoms with E-state index in [0.717, 1.165) is 39.0 Å². The topological polar surface area (TPSA) is 267 Å². The molecule has 0 saturated carbocycles. The van der Waals surface area contributed by atoms with E-state index in [1.54, 1.807) is 0 Å². The Morgan fingerprint density at radius 3 is 1.82 bits per heavy atom. The van der Waals surface area contributed by atoms with Crippen molar-refractivity contribution in [1.82, 2.24) is 5.32 Å². The minimum Gasteiger partial charge on any atom is -0.394 e. The molecule has 0 aromatic rings. The second kappa shape index (κ2) is 18.4. The maximum Gasteiger partial charge on any atom is 0.217 e. The van der Waals surface area contributed by atoms with Crippen molar-refractivity contribution in [3.05, 3.63) is 0 Å². The molecule has 3 heterocycles. The minimum atomic E-state index is -1.79. The van der Waals surface area contributed by atoms with E-state index in [1.807, 2.05) is 0 Å². The van der Waals surface area contributed by atoms with Gasteiger partial charge in [-0.15, -0.1) is 0 Å². The number of aliphatic hydroxyl groups excluding tert-OH is 9. The summed E-state index contributed by atoms with van der Waals surface area (Å²) in [6, 6.07) is -1.40. The summed E-state index contributed by atoms with van der Waals surface area (Å²) >= 11 is 0. The van der Waals surface area contributed by atoms with Crippen LogP contribution < -0.4 is 5.32 Å². The normalized spacial score (nSPS) is 42.4. The van der Waals surface area contributed by atoms with Crippen LogP contribution in [0.4, 0.5) is 0 Å². The molecule has 17 nitrogen and oxygen atoms in total. The molecule has 0 aromatic carbocycles. The van der Waals surface area contributed by atoms with Gasteiger partial charge in [-0.2, -0.15) is 0 Å². The lowest BCUT2D eigenvalue weighted by molar-refractivity contribution is -0.363. The van der Waals surface area contributed by atoms with Gasteiger partial charge in [-0.3, -0.25) is 4.79 Å². The van der Waals surface area contributed by atoms with Gasteiger partial charge in [0.05, 0.1) is 19.8 Å². The molecule has 0 aromatic heterocycles. The largest absolute Gasteiger partial charge is 0.394 e. The van der Waals surface area contributed by atoms with Crippen LogP contribution in [0, 0.1) is 0 Å². The van der Waals surface area contributed by atoms with Crippen LogP contribution in [0.3, 0.4) is 0 Å². The number of carbonyl (C=O) groups is 1. The number of unbranched alkanes of at least 4 members (excludes halogenated alkanes) is 5. The zero-order valence-electron chi connectivity index (χ0n) is 25.6. The van der Waals surface area contributed by atoms with E-state index in [4.69, 9.17) is 28.4 Å². The standard InChI is InChI=1S/C28H51NO16/c1-3-4-5-6-7-8-9-40-27-24(39)22(37)20(35)16(44-27)12-41-28-25(23(38)19(34)15(11-31)43-28)45-26-17(29-13(2)32)21(36)18(33)14(10-30)42-26/h14-28,30-31,33-39H,3-12H2,1-2H3,(H,29,32)/t14-,15-,16-,17-,18-,19-,20-,21-,22+,23+,24-,25+,26+,27-,28+/m1/s1. The van der Waals surface area contributed by atoms with E-state index in [1.165, 1.54) is 0 Å². The summed E-state index contributed by atoms with van der Waals surface area (Å²) < 4.78 is 34.1. The third-order valence-corrected chi connectivity index (χ3v) is 8.24. The molecule has 3 rings (SSSR count). The monoisotopic (exact) mass is 657 g/mol. The Morgan fingerprint density at radius 1 is 0.644 bits per heavy atom. The van der Waals surface area contributed by atoms with Crippen LogP contribution in [0.5, 0.6) is 0 Å². The van der Waals surface area contributed by atoms with Gasteiger partial charge in [0, 0.05) is 13.5 Å². The Labute approximate surface area is 261 Å². The van der Waals surface area contributed by atoms with Gasteiger partial charge in [-0.05, 0) is 6.42 Å². The molecule has 1 amide bonds. The van der Waals surface area contributed by atoms with Gasteiger partial charge in [0.25, 0.3) is 0 Å². The zero-order chi connectivity index (χ0) is 33.3. The number of rotatable bonds is 16. The molecule has 0 bridgehead atoms. The van der Waals surface area contributed by atoms with E-state index in [2.05, 4.69) is 12.2 Å². The maximum atomic E-state index is 11.8. The van der Waals surface area contributed by atoms with E-state index in [-0.39, 0.29) is 6.61 Å². The Bertz CT molecular complexity index is 872. The third kappa shape index (κ3) is 9.94. The van der Waals surface area contributed by atoms with Gasteiger partial charge in [-0.25, -0.2) is 0 Å². The molecule has 45 heavy (non-hydrogen) atoms. The van der Waals surface area contributed by atoms with Crippen LogP contribution in [0.15, 0.2) is 0 Å². The molecule has 15 atom stereocenters. The van der Waals surface area contributed by atoms with Crippen molar-refractivity contribution in [3.8, 4) is 0 Å². The van der Waals surface area contributed by atoms with E-state index < -0.39 is 118 Å². The Kier molecular flexibility index (Phi) is 15.7. The highest BCUT2D eigenvalue weighted by Crippen LogP contribution is 2.31. The summed E-state index contributed by atoms with van der Waals surface area (Å²) in [5, 5.41) is 95.5. The highest BCUT2D eigenvalue weighted by atomic mass is 16.8. The first-order valence-corrected chi connectivity index (χ1v) is 15.5. The minimum absolute atomic E-state index is 0.236. The Morgan fingerprint density at radius 2 is 1.20 bits per heavy atom. The summed E-state index contributed by atoms with van der Waals surface area (Å²) in [4.78, 5) is 11.8.